The molecule has 0 bridgehead atoms. The lowest BCUT2D eigenvalue weighted by Gasteiger charge is -2.10. The molecule has 4 heteroatoms. The summed E-state index contributed by atoms with van der Waals surface area (Å²) in [5.74, 6) is -0.0344. The predicted molar refractivity (Wildman–Crippen MR) is 83.8 cm³/mol. The Morgan fingerprint density at radius 2 is 1.73 bits per heavy atom. The van der Waals surface area contributed by atoms with Crippen molar-refractivity contribution in [2.75, 3.05) is 13.7 Å². The normalized spacial score (nSPS) is 10.9. The largest absolute Gasteiger partial charge is 0.488 e. The van der Waals surface area contributed by atoms with Gasteiger partial charge in [0.2, 0.25) is 0 Å². The van der Waals surface area contributed by atoms with Gasteiger partial charge in [0.05, 0.1) is 18.2 Å². The minimum Gasteiger partial charge on any atom is -0.488 e. The molecule has 0 aromatic heterocycles. The van der Waals surface area contributed by atoms with Crippen molar-refractivity contribution in [1.82, 2.24) is 0 Å². The third-order valence-corrected chi connectivity index (χ3v) is 3.02. The van der Waals surface area contributed by atoms with Crippen LogP contribution in [0.3, 0.4) is 0 Å². The monoisotopic (exact) mass is 296 g/mol. The molecule has 112 valence electrons. The van der Waals surface area contributed by atoms with Crippen LogP contribution in [-0.4, -0.2) is 26.0 Å². The molecule has 0 aliphatic carbocycles. The van der Waals surface area contributed by atoms with Crippen molar-refractivity contribution < 1.29 is 19.1 Å². The molecule has 22 heavy (non-hydrogen) atoms. The minimum atomic E-state index is -0.465. The molecule has 0 unspecified atom stereocenters. The average Bonchev–Trinajstić information content (AvgIpc) is 2.59. The summed E-state index contributed by atoms with van der Waals surface area (Å²) in [7, 11) is 1.32. The van der Waals surface area contributed by atoms with E-state index in [1.165, 1.54) is 7.11 Å². The van der Waals surface area contributed by atoms with E-state index < -0.39 is 5.97 Å². The van der Waals surface area contributed by atoms with Crippen molar-refractivity contribution in [3.8, 4) is 5.75 Å². The van der Waals surface area contributed by atoms with Crippen LogP contribution in [0.1, 0.15) is 15.9 Å². The smallest absolute Gasteiger partial charge is 0.337 e. The standard InChI is InChI=1S/C18H16O4/c1-21-18(20)16(11-14-7-3-2-4-8-14)13-22-17-10-6-5-9-15(17)12-19/h2-12H,13H2,1H3/b16-11-. The third-order valence-electron chi connectivity index (χ3n) is 3.02. The lowest BCUT2D eigenvalue weighted by Crippen LogP contribution is -2.13. The number of benzene rings is 2. The Labute approximate surface area is 129 Å². The first-order valence-electron chi connectivity index (χ1n) is 6.75. The van der Waals surface area contributed by atoms with Crippen LogP contribution in [-0.2, 0) is 9.53 Å². The molecule has 2 rings (SSSR count). The van der Waals surface area contributed by atoms with Gasteiger partial charge >= 0.3 is 5.97 Å². The zero-order valence-corrected chi connectivity index (χ0v) is 12.2. The number of hydrogen-bond acceptors (Lipinski definition) is 4. The van der Waals surface area contributed by atoms with Crippen LogP contribution in [0.4, 0.5) is 0 Å². The Morgan fingerprint density at radius 3 is 2.41 bits per heavy atom. The topological polar surface area (TPSA) is 52.6 Å². The summed E-state index contributed by atoms with van der Waals surface area (Å²) in [6, 6.07) is 16.3. The summed E-state index contributed by atoms with van der Waals surface area (Å²) < 4.78 is 10.4. The Bertz CT molecular complexity index is 674. The second kappa shape index (κ2) is 7.78. The summed E-state index contributed by atoms with van der Waals surface area (Å²) >= 11 is 0. The molecule has 0 saturated heterocycles. The first-order valence-corrected chi connectivity index (χ1v) is 6.75. The van der Waals surface area contributed by atoms with E-state index in [1.807, 2.05) is 30.3 Å². The lowest BCUT2D eigenvalue weighted by molar-refractivity contribution is -0.136. The van der Waals surface area contributed by atoms with Gasteiger partial charge in [0.15, 0.2) is 6.29 Å². The zero-order valence-electron chi connectivity index (χ0n) is 12.2. The summed E-state index contributed by atoms with van der Waals surface area (Å²) in [6.45, 7) is 0.0203. The Balaban J connectivity index is 2.19. The summed E-state index contributed by atoms with van der Waals surface area (Å²) in [6.07, 6.45) is 2.42. The highest BCUT2D eigenvalue weighted by Gasteiger charge is 2.12. The van der Waals surface area contributed by atoms with E-state index >= 15 is 0 Å². The van der Waals surface area contributed by atoms with Gasteiger partial charge < -0.3 is 9.47 Å². The molecule has 0 saturated carbocycles. The van der Waals surface area contributed by atoms with Crippen molar-refractivity contribution >= 4 is 18.3 Å². The Hall–Kier alpha value is -2.88. The molecule has 0 spiro atoms. The van der Waals surface area contributed by atoms with Crippen molar-refractivity contribution in [3.63, 3.8) is 0 Å². The first-order chi connectivity index (χ1) is 10.7. The maximum absolute atomic E-state index is 11.9. The molecular weight excluding hydrogens is 280 g/mol. The van der Waals surface area contributed by atoms with Crippen molar-refractivity contribution in [3.05, 3.63) is 71.3 Å². The van der Waals surface area contributed by atoms with Crippen LogP contribution >= 0.6 is 0 Å². The number of rotatable bonds is 6. The van der Waals surface area contributed by atoms with Crippen LogP contribution in [0.15, 0.2) is 60.2 Å². The zero-order chi connectivity index (χ0) is 15.8. The van der Waals surface area contributed by atoms with Crippen molar-refractivity contribution in [1.29, 1.82) is 0 Å². The van der Waals surface area contributed by atoms with E-state index in [2.05, 4.69) is 0 Å². The van der Waals surface area contributed by atoms with Gasteiger partial charge in [-0.25, -0.2) is 4.79 Å². The van der Waals surface area contributed by atoms with Crippen LogP contribution in [0, 0.1) is 0 Å². The number of carbonyl (C=O) groups is 2. The Kier molecular flexibility index (Phi) is 5.49. The number of esters is 1. The lowest BCUT2D eigenvalue weighted by atomic mass is 10.1. The highest BCUT2D eigenvalue weighted by atomic mass is 16.5. The molecule has 0 fully saturated rings. The first kappa shape index (κ1) is 15.5. The van der Waals surface area contributed by atoms with Crippen LogP contribution in [0.2, 0.25) is 0 Å². The van der Waals surface area contributed by atoms with Gasteiger partial charge in [0, 0.05) is 0 Å². The molecule has 0 radical (unpaired) electrons. The number of hydrogen-bond donors (Lipinski definition) is 0. The van der Waals surface area contributed by atoms with E-state index in [1.54, 1.807) is 30.3 Å². The van der Waals surface area contributed by atoms with E-state index in [9.17, 15) is 9.59 Å². The van der Waals surface area contributed by atoms with Crippen LogP contribution in [0.5, 0.6) is 5.75 Å². The van der Waals surface area contributed by atoms with Crippen LogP contribution in [0.25, 0.3) is 6.08 Å². The molecular formula is C18H16O4. The van der Waals surface area contributed by atoms with Gasteiger partial charge in [0.25, 0.3) is 0 Å². The molecule has 0 aliphatic heterocycles. The number of ether oxygens (including phenoxy) is 2. The summed E-state index contributed by atoms with van der Waals surface area (Å²) in [5.41, 5.74) is 1.68. The molecule has 2 aromatic rings. The van der Waals surface area contributed by atoms with Gasteiger partial charge in [-0.3, -0.25) is 4.79 Å². The average molecular weight is 296 g/mol. The minimum absolute atomic E-state index is 0.0203. The van der Waals surface area contributed by atoms with E-state index in [0.717, 1.165) is 5.56 Å². The van der Waals surface area contributed by atoms with Crippen molar-refractivity contribution in [2.24, 2.45) is 0 Å². The molecule has 0 amide bonds. The van der Waals surface area contributed by atoms with E-state index in [-0.39, 0.29) is 6.61 Å². The molecule has 0 aliphatic rings. The highest BCUT2D eigenvalue weighted by molar-refractivity contribution is 5.94. The van der Waals surface area contributed by atoms with E-state index in [4.69, 9.17) is 9.47 Å². The highest BCUT2D eigenvalue weighted by Crippen LogP contribution is 2.17. The number of carbonyl (C=O) groups excluding carboxylic acids is 2. The van der Waals surface area contributed by atoms with Gasteiger partial charge in [-0.1, -0.05) is 42.5 Å². The fourth-order valence-electron chi connectivity index (χ4n) is 1.91. The predicted octanol–water partition coefficient (Wildman–Crippen LogP) is 3.13. The van der Waals surface area contributed by atoms with Gasteiger partial charge in [0.1, 0.15) is 12.4 Å². The second-order valence-corrected chi connectivity index (χ2v) is 4.52. The molecule has 4 nitrogen and oxygen atoms in total. The Morgan fingerprint density at radius 1 is 1.05 bits per heavy atom. The fraction of sp³-hybridized carbons (Fsp3) is 0.111. The van der Waals surface area contributed by atoms with Gasteiger partial charge in [-0.05, 0) is 23.8 Å². The number of aldehydes is 1. The third kappa shape index (κ3) is 4.06. The summed E-state index contributed by atoms with van der Waals surface area (Å²) in [5, 5.41) is 0. The maximum Gasteiger partial charge on any atom is 0.337 e. The number of methoxy groups -OCH3 is 1. The fourth-order valence-corrected chi connectivity index (χ4v) is 1.91. The van der Waals surface area contributed by atoms with E-state index in [0.29, 0.717) is 23.2 Å². The molecule has 0 heterocycles. The molecule has 0 atom stereocenters. The van der Waals surface area contributed by atoms with Crippen LogP contribution < -0.4 is 4.74 Å². The van der Waals surface area contributed by atoms with Gasteiger partial charge in [-0.15, -0.1) is 0 Å². The second-order valence-electron chi connectivity index (χ2n) is 4.52. The molecule has 0 N–H and O–H groups in total. The maximum atomic E-state index is 11.9. The van der Waals surface area contributed by atoms with Crippen molar-refractivity contribution in [2.45, 2.75) is 0 Å². The quantitative estimate of drug-likeness (QED) is 0.467. The summed E-state index contributed by atoms with van der Waals surface area (Å²) in [4.78, 5) is 22.8. The number of para-hydroxylation sites is 1. The molecule has 2 aromatic carbocycles. The van der Waals surface area contributed by atoms with Gasteiger partial charge in [-0.2, -0.15) is 0 Å². The SMILES string of the molecule is COC(=O)/C(=C\c1ccccc1)COc1ccccc1C=O.